The molecule has 13 nitrogen and oxygen atoms in total. The van der Waals surface area contributed by atoms with Crippen molar-refractivity contribution in [3.63, 3.8) is 0 Å². The molecule has 43 heavy (non-hydrogen) atoms. The fourth-order valence-electron chi connectivity index (χ4n) is 2.94. The Hall–Kier alpha value is -3.63. The van der Waals surface area contributed by atoms with E-state index < -0.39 is 36.5 Å². The number of alkyl halides is 6. The minimum Gasteiger partial charge on any atom is -0.409 e. The SMILES string of the molecule is CC(=O)OC(=O)C(F)(F)F.FC(F)(F)c1nc(-c2ccc(C3OCCO3)s2)no1.N/C(=N\O)c1ccc(C2OCCO2)s1. The zero-order chi connectivity index (χ0) is 31.8. The number of nitrogens with two attached hydrogens (primary N) is 1. The van der Waals surface area contributed by atoms with Gasteiger partial charge in [-0.05, 0) is 24.3 Å². The molecule has 0 unspecified atom stereocenters. The van der Waals surface area contributed by atoms with Gasteiger partial charge in [0.05, 0.1) is 45.9 Å². The van der Waals surface area contributed by atoms with Crippen LogP contribution in [0.1, 0.15) is 40.0 Å². The van der Waals surface area contributed by atoms with Crippen molar-refractivity contribution in [2.45, 2.75) is 31.9 Å². The van der Waals surface area contributed by atoms with Crippen molar-refractivity contribution in [3.8, 4) is 10.7 Å². The van der Waals surface area contributed by atoms with E-state index in [9.17, 15) is 35.9 Å². The van der Waals surface area contributed by atoms with Gasteiger partial charge < -0.3 is 39.1 Å². The summed E-state index contributed by atoms with van der Waals surface area (Å²) in [5.41, 5.74) is 5.44. The lowest BCUT2D eigenvalue weighted by molar-refractivity contribution is -0.201. The Balaban J connectivity index is 0.000000187. The lowest BCUT2D eigenvalue weighted by atomic mass is 10.4. The van der Waals surface area contributed by atoms with Crippen LogP contribution >= 0.6 is 22.7 Å². The van der Waals surface area contributed by atoms with E-state index in [1.807, 2.05) is 6.07 Å². The molecule has 236 valence electrons. The van der Waals surface area contributed by atoms with Gasteiger partial charge in [-0.15, -0.1) is 22.7 Å². The summed E-state index contributed by atoms with van der Waals surface area (Å²) in [6.07, 6.45) is -10.5. The first kappa shape index (κ1) is 33.9. The third kappa shape index (κ3) is 9.96. The monoisotopic (exact) mass is 662 g/mol. The predicted octanol–water partition coefficient (Wildman–Crippen LogP) is 4.39. The summed E-state index contributed by atoms with van der Waals surface area (Å²) in [5, 5.41) is 14.7. The second-order valence-electron chi connectivity index (χ2n) is 7.84. The second-order valence-corrected chi connectivity index (χ2v) is 10.1. The zero-order valence-corrected chi connectivity index (χ0v) is 23.1. The van der Waals surface area contributed by atoms with Crippen LogP contribution in [0.4, 0.5) is 26.3 Å². The average molecular weight is 663 g/mol. The number of halogens is 6. The Morgan fingerprint density at radius 2 is 1.49 bits per heavy atom. The van der Waals surface area contributed by atoms with E-state index in [0.717, 1.165) is 9.75 Å². The normalized spacial score (nSPS) is 16.3. The van der Waals surface area contributed by atoms with Gasteiger partial charge in [0.25, 0.3) is 0 Å². The number of amidine groups is 1. The molecule has 2 aliphatic rings. The topological polar surface area (TPSA) is 178 Å². The van der Waals surface area contributed by atoms with Crippen LogP contribution in [0.2, 0.25) is 0 Å². The maximum absolute atomic E-state index is 12.3. The van der Waals surface area contributed by atoms with Crippen LogP contribution in [0, 0.1) is 0 Å². The lowest BCUT2D eigenvalue weighted by Gasteiger charge is -2.04. The van der Waals surface area contributed by atoms with Gasteiger partial charge in [0.15, 0.2) is 18.4 Å². The zero-order valence-electron chi connectivity index (χ0n) is 21.5. The number of ether oxygens (including phenoxy) is 5. The first-order valence-electron chi connectivity index (χ1n) is 11.5. The smallest absolute Gasteiger partial charge is 0.409 e. The van der Waals surface area contributed by atoms with Gasteiger partial charge >= 0.3 is 30.2 Å². The number of oxime groups is 1. The Morgan fingerprint density at radius 1 is 0.953 bits per heavy atom. The first-order chi connectivity index (χ1) is 20.2. The summed E-state index contributed by atoms with van der Waals surface area (Å²) in [4.78, 5) is 25.6. The summed E-state index contributed by atoms with van der Waals surface area (Å²) >= 11 is 2.60. The van der Waals surface area contributed by atoms with Gasteiger partial charge in [0, 0.05) is 6.92 Å². The molecule has 21 heteroatoms. The molecule has 3 aromatic rings. The highest BCUT2D eigenvalue weighted by Crippen LogP contribution is 2.35. The van der Waals surface area contributed by atoms with Gasteiger partial charge in [0.1, 0.15) is 0 Å². The van der Waals surface area contributed by atoms with Gasteiger partial charge in [-0.2, -0.15) is 31.3 Å². The maximum atomic E-state index is 12.3. The van der Waals surface area contributed by atoms with Crippen molar-refractivity contribution in [3.05, 3.63) is 44.8 Å². The predicted molar refractivity (Wildman–Crippen MR) is 132 cm³/mol. The van der Waals surface area contributed by atoms with Crippen LogP contribution in [0.15, 0.2) is 33.9 Å². The van der Waals surface area contributed by atoms with Gasteiger partial charge in [-0.3, -0.25) is 4.79 Å². The summed E-state index contributed by atoms with van der Waals surface area (Å²) < 4.78 is 99.1. The number of nitrogens with zero attached hydrogens (tertiary/aromatic N) is 3. The number of hydrogen-bond donors (Lipinski definition) is 2. The van der Waals surface area contributed by atoms with E-state index in [-0.39, 0.29) is 18.0 Å². The van der Waals surface area contributed by atoms with Crippen molar-refractivity contribution in [1.29, 1.82) is 0 Å². The van der Waals surface area contributed by atoms with Crippen molar-refractivity contribution in [2.75, 3.05) is 26.4 Å². The number of thiophene rings is 2. The molecule has 0 spiro atoms. The molecule has 0 radical (unpaired) electrons. The molecule has 2 saturated heterocycles. The number of carbonyl (C=O) groups excluding carboxylic acids is 2. The number of aromatic nitrogens is 2. The first-order valence-corrected chi connectivity index (χ1v) is 13.2. The molecule has 0 atom stereocenters. The largest absolute Gasteiger partial charge is 0.491 e. The summed E-state index contributed by atoms with van der Waals surface area (Å²) in [6, 6.07) is 6.95. The molecule has 0 aromatic carbocycles. The van der Waals surface area contributed by atoms with Crippen LogP contribution in [-0.2, 0) is 39.4 Å². The molecule has 3 aromatic heterocycles. The number of rotatable bonds is 4. The van der Waals surface area contributed by atoms with E-state index in [0.29, 0.717) is 43.1 Å². The third-order valence-corrected chi connectivity index (χ3v) is 6.91. The fraction of sp³-hybridized carbons (Fsp3) is 0.409. The quantitative estimate of drug-likeness (QED) is 0.0767. The van der Waals surface area contributed by atoms with Crippen LogP contribution in [0.25, 0.3) is 10.7 Å². The Bertz CT molecular complexity index is 1390. The van der Waals surface area contributed by atoms with Crippen LogP contribution < -0.4 is 5.73 Å². The molecular weight excluding hydrogens is 642 g/mol. The van der Waals surface area contributed by atoms with E-state index in [1.54, 1.807) is 18.2 Å². The maximum Gasteiger partial charge on any atom is 0.491 e. The molecule has 2 aliphatic heterocycles. The van der Waals surface area contributed by atoms with Gasteiger partial charge in [-0.25, -0.2) is 4.79 Å². The van der Waals surface area contributed by atoms with Crippen LogP contribution in [-0.4, -0.2) is 65.7 Å². The molecule has 0 bridgehead atoms. The molecule has 2 fully saturated rings. The van der Waals surface area contributed by atoms with E-state index in [4.69, 9.17) is 29.9 Å². The molecule has 3 N–H and O–H groups in total. The van der Waals surface area contributed by atoms with E-state index in [1.165, 1.54) is 22.7 Å². The lowest BCUT2D eigenvalue weighted by Crippen LogP contribution is -2.26. The molecule has 5 rings (SSSR count). The minimum absolute atomic E-state index is 0.0958. The van der Waals surface area contributed by atoms with Crippen molar-refractivity contribution < 1.29 is 69.3 Å². The molecule has 0 saturated carbocycles. The van der Waals surface area contributed by atoms with Crippen LogP contribution in [0.5, 0.6) is 0 Å². The third-order valence-electron chi connectivity index (χ3n) is 4.68. The average Bonchev–Trinajstić information content (AvgIpc) is 3.75. The van der Waals surface area contributed by atoms with Crippen molar-refractivity contribution in [1.82, 2.24) is 10.1 Å². The van der Waals surface area contributed by atoms with Gasteiger partial charge in [-0.1, -0.05) is 10.3 Å². The Labute approximate surface area is 244 Å². The number of hydrogen-bond acceptors (Lipinski definition) is 14. The standard InChI is InChI=1S/C10H7F3N2O3S.C8H10N2O3S.C4H3F3O3/c11-10(12,13)9-14-7(15-18-9)5-1-2-6(19-5)8-16-3-4-17-8;9-7(10-11)5-1-2-6(14-5)8-12-3-4-13-8;1-2(8)10-3(9)4(5,6)7/h1-2,8H,3-4H2;1-2,8,11H,3-4H2,(H2,9,10);1H3. The van der Waals surface area contributed by atoms with Crippen LogP contribution in [0.3, 0.4) is 0 Å². The highest BCUT2D eigenvalue weighted by atomic mass is 32.1. The summed E-state index contributed by atoms with van der Waals surface area (Å²) in [5.74, 6) is -5.10. The van der Waals surface area contributed by atoms with Crippen molar-refractivity contribution >= 4 is 40.4 Å². The molecule has 0 aliphatic carbocycles. The highest BCUT2D eigenvalue weighted by molar-refractivity contribution is 7.15. The van der Waals surface area contributed by atoms with E-state index in [2.05, 4.69) is 24.6 Å². The molecular formula is C22H20F6N4O9S2. The summed E-state index contributed by atoms with van der Waals surface area (Å²) in [7, 11) is 0. The summed E-state index contributed by atoms with van der Waals surface area (Å²) in [6.45, 7) is 2.93. The number of carbonyl (C=O) groups is 2. The molecule has 0 amide bonds. The minimum atomic E-state index is -5.09. The number of esters is 2. The molecule has 5 heterocycles. The van der Waals surface area contributed by atoms with Gasteiger partial charge in [0.2, 0.25) is 5.82 Å². The Kier molecular flexibility index (Phi) is 11.6. The second kappa shape index (κ2) is 14.7. The highest BCUT2D eigenvalue weighted by Gasteiger charge is 2.42. The fourth-order valence-corrected chi connectivity index (χ4v) is 4.78. The van der Waals surface area contributed by atoms with Crippen molar-refractivity contribution in [2.24, 2.45) is 10.9 Å². The Morgan fingerprint density at radius 3 is 1.93 bits per heavy atom. The van der Waals surface area contributed by atoms with E-state index >= 15 is 0 Å².